The summed E-state index contributed by atoms with van der Waals surface area (Å²) in [5, 5.41) is 2.58. The second kappa shape index (κ2) is 7.38. The second-order valence-electron chi connectivity index (χ2n) is 4.61. The van der Waals surface area contributed by atoms with Crippen molar-refractivity contribution in [1.29, 1.82) is 0 Å². The lowest BCUT2D eigenvalue weighted by molar-refractivity contribution is -0.144. The molecule has 0 spiro atoms. The molecule has 2 atom stereocenters. The van der Waals surface area contributed by atoms with Crippen molar-refractivity contribution in [2.45, 2.75) is 26.3 Å². The number of carbonyl (C=O) groups is 2. The molecule has 0 heterocycles. The fraction of sp³-hybridized carbons (Fsp3) is 0.429. The number of amides is 1. The van der Waals surface area contributed by atoms with Crippen LogP contribution in [0.1, 0.15) is 19.4 Å². The third kappa shape index (κ3) is 4.59. The molecular formula is C14H17BrFNO3. The molecule has 1 rings (SSSR count). The Balaban J connectivity index is 2.61. The summed E-state index contributed by atoms with van der Waals surface area (Å²) in [6, 6.07) is 3.94. The lowest BCUT2D eigenvalue weighted by atomic mass is 10.00. The SMILES string of the molecule is COC(=O)[C@H](C)NC(=O)[C@@H](C)Cc1ccc(F)c(Br)c1. The smallest absolute Gasteiger partial charge is 0.328 e. The molecule has 0 aromatic heterocycles. The van der Waals surface area contributed by atoms with Gasteiger partial charge in [0.2, 0.25) is 5.91 Å². The first kappa shape index (κ1) is 16.6. The van der Waals surface area contributed by atoms with Gasteiger partial charge in [-0.15, -0.1) is 0 Å². The minimum Gasteiger partial charge on any atom is -0.467 e. The Hall–Kier alpha value is -1.43. The molecule has 0 saturated carbocycles. The van der Waals surface area contributed by atoms with Gasteiger partial charge in [0.25, 0.3) is 0 Å². The van der Waals surface area contributed by atoms with Crippen molar-refractivity contribution in [2.75, 3.05) is 7.11 Å². The predicted octanol–water partition coefficient (Wildman–Crippen LogP) is 2.44. The highest BCUT2D eigenvalue weighted by Crippen LogP contribution is 2.19. The highest BCUT2D eigenvalue weighted by Gasteiger charge is 2.20. The fourth-order valence-electron chi connectivity index (χ4n) is 1.70. The highest BCUT2D eigenvalue weighted by atomic mass is 79.9. The number of esters is 1. The Morgan fingerprint density at radius 3 is 2.60 bits per heavy atom. The molecule has 1 aromatic rings. The monoisotopic (exact) mass is 345 g/mol. The van der Waals surface area contributed by atoms with Gasteiger partial charge >= 0.3 is 5.97 Å². The molecule has 1 N–H and O–H groups in total. The molecule has 4 nitrogen and oxygen atoms in total. The largest absolute Gasteiger partial charge is 0.467 e. The molecule has 0 aliphatic rings. The Kier molecular flexibility index (Phi) is 6.13. The third-order valence-electron chi connectivity index (χ3n) is 2.89. The van der Waals surface area contributed by atoms with Crippen LogP contribution in [0.5, 0.6) is 0 Å². The Labute approximate surface area is 125 Å². The molecule has 0 saturated heterocycles. The predicted molar refractivity (Wildman–Crippen MR) is 76.6 cm³/mol. The zero-order valence-electron chi connectivity index (χ0n) is 11.6. The molecule has 6 heteroatoms. The maximum absolute atomic E-state index is 13.1. The number of benzene rings is 1. The van der Waals surface area contributed by atoms with E-state index in [9.17, 15) is 14.0 Å². The fourth-order valence-corrected chi connectivity index (χ4v) is 2.13. The zero-order chi connectivity index (χ0) is 15.3. The van der Waals surface area contributed by atoms with Crippen molar-refractivity contribution in [3.63, 3.8) is 0 Å². The number of hydrogen-bond acceptors (Lipinski definition) is 3. The third-order valence-corrected chi connectivity index (χ3v) is 3.49. The van der Waals surface area contributed by atoms with E-state index in [4.69, 9.17) is 0 Å². The van der Waals surface area contributed by atoms with Gasteiger partial charge in [-0.3, -0.25) is 4.79 Å². The van der Waals surface area contributed by atoms with Crippen LogP contribution in [-0.4, -0.2) is 25.0 Å². The molecule has 1 amide bonds. The van der Waals surface area contributed by atoms with Crippen LogP contribution in [0.2, 0.25) is 0 Å². The maximum atomic E-state index is 13.1. The normalized spacial score (nSPS) is 13.4. The van der Waals surface area contributed by atoms with Crippen molar-refractivity contribution >= 4 is 27.8 Å². The number of hydrogen-bond donors (Lipinski definition) is 1. The average Bonchev–Trinajstić information content (AvgIpc) is 2.41. The summed E-state index contributed by atoms with van der Waals surface area (Å²) < 4.78 is 18.0. The summed E-state index contributed by atoms with van der Waals surface area (Å²) >= 11 is 3.10. The van der Waals surface area contributed by atoms with E-state index in [0.29, 0.717) is 10.9 Å². The van der Waals surface area contributed by atoms with Gasteiger partial charge in [0.1, 0.15) is 11.9 Å². The number of methoxy groups -OCH3 is 1. The molecule has 110 valence electrons. The number of halogens is 2. The van der Waals surface area contributed by atoms with Crippen molar-refractivity contribution in [3.05, 3.63) is 34.1 Å². The molecule has 0 radical (unpaired) electrons. The van der Waals surface area contributed by atoms with Gasteiger partial charge < -0.3 is 10.1 Å². The van der Waals surface area contributed by atoms with Gasteiger partial charge in [0.15, 0.2) is 0 Å². The van der Waals surface area contributed by atoms with Crippen LogP contribution in [0, 0.1) is 11.7 Å². The lowest BCUT2D eigenvalue weighted by Crippen LogP contribution is -2.42. The van der Waals surface area contributed by atoms with Crippen LogP contribution >= 0.6 is 15.9 Å². The zero-order valence-corrected chi connectivity index (χ0v) is 13.2. The van der Waals surface area contributed by atoms with Gasteiger partial charge in [0.05, 0.1) is 11.6 Å². The van der Waals surface area contributed by atoms with Crippen LogP contribution in [0.4, 0.5) is 4.39 Å². The summed E-state index contributed by atoms with van der Waals surface area (Å²) in [7, 11) is 1.27. The standard InChI is InChI=1S/C14H17BrFNO3/c1-8(13(18)17-9(2)14(19)20-3)6-10-4-5-12(16)11(15)7-10/h4-5,7-9H,6H2,1-3H3,(H,17,18)/t8-,9-/m0/s1. The Bertz CT molecular complexity index is 507. The summed E-state index contributed by atoms with van der Waals surface area (Å²) in [6.07, 6.45) is 0.457. The van der Waals surface area contributed by atoms with Crippen LogP contribution in [0.25, 0.3) is 0 Å². The first-order valence-corrected chi connectivity index (χ1v) is 6.96. The van der Waals surface area contributed by atoms with E-state index >= 15 is 0 Å². The van der Waals surface area contributed by atoms with Gasteiger partial charge in [-0.05, 0) is 47.0 Å². The summed E-state index contributed by atoms with van der Waals surface area (Å²) in [5.41, 5.74) is 0.839. The molecule has 0 aliphatic heterocycles. The van der Waals surface area contributed by atoms with E-state index in [2.05, 4.69) is 26.0 Å². The number of nitrogens with one attached hydrogen (secondary N) is 1. The average molecular weight is 346 g/mol. The van der Waals surface area contributed by atoms with E-state index in [-0.39, 0.29) is 17.6 Å². The second-order valence-corrected chi connectivity index (χ2v) is 5.46. The van der Waals surface area contributed by atoms with E-state index in [0.717, 1.165) is 5.56 Å². The molecule has 0 fully saturated rings. The maximum Gasteiger partial charge on any atom is 0.328 e. The van der Waals surface area contributed by atoms with Crippen LogP contribution in [-0.2, 0) is 20.7 Å². The van der Waals surface area contributed by atoms with E-state index < -0.39 is 12.0 Å². The Morgan fingerprint density at radius 1 is 1.40 bits per heavy atom. The molecule has 0 bridgehead atoms. The molecular weight excluding hydrogens is 329 g/mol. The topological polar surface area (TPSA) is 55.4 Å². The lowest BCUT2D eigenvalue weighted by Gasteiger charge is -2.16. The highest BCUT2D eigenvalue weighted by molar-refractivity contribution is 9.10. The number of rotatable bonds is 5. The molecule has 0 aliphatic carbocycles. The van der Waals surface area contributed by atoms with Crippen molar-refractivity contribution < 1.29 is 18.7 Å². The van der Waals surface area contributed by atoms with E-state index in [1.807, 2.05) is 0 Å². The van der Waals surface area contributed by atoms with Gasteiger partial charge in [-0.2, -0.15) is 0 Å². The minimum absolute atomic E-state index is 0.247. The van der Waals surface area contributed by atoms with Gasteiger partial charge in [-0.25, -0.2) is 9.18 Å². The van der Waals surface area contributed by atoms with E-state index in [1.54, 1.807) is 26.0 Å². The Morgan fingerprint density at radius 2 is 2.05 bits per heavy atom. The van der Waals surface area contributed by atoms with Crippen LogP contribution < -0.4 is 5.32 Å². The molecule has 20 heavy (non-hydrogen) atoms. The number of ether oxygens (including phenoxy) is 1. The summed E-state index contributed by atoms with van der Waals surface area (Å²) in [4.78, 5) is 23.2. The van der Waals surface area contributed by atoms with Crippen molar-refractivity contribution in [1.82, 2.24) is 5.32 Å². The minimum atomic E-state index is -0.685. The quantitative estimate of drug-likeness (QED) is 0.834. The number of carbonyl (C=O) groups excluding carboxylic acids is 2. The van der Waals surface area contributed by atoms with Crippen molar-refractivity contribution in [3.8, 4) is 0 Å². The van der Waals surface area contributed by atoms with E-state index in [1.165, 1.54) is 13.2 Å². The summed E-state index contributed by atoms with van der Waals surface area (Å²) in [5.74, 6) is -1.41. The molecule has 0 unspecified atom stereocenters. The van der Waals surface area contributed by atoms with Crippen molar-refractivity contribution in [2.24, 2.45) is 5.92 Å². The summed E-state index contributed by atoms with van der Waals surface area (Å²) in [6.45, 7) is 3.31. The van der Waals surface area contributed by atoms with Gasteiger partial charge in [-0.1, -0.05) is 13.0 Å². The van der Waals surface area contributed by atoms with Crippen LogP contribution in [0.15, 0.2) is 22.7 Å². The first-order chi connectivity index (χ1) is 9.35. The first-order valence-electron chi connectivity index (χ1n) is 6.17. The molecule has 1 aromatic carbocycles. The van der Waals surface area contributed by atoms with Crippen LogP contribution in [0.3, 0.4) is 0 Å². The van der Waals surface area contributed by atoms with Gasteiger partial charge in [0, 0.05) is 5.92 Å².